The van der Waals surface area contributed by atoms with Crippen molar-refractivity contribution in [1.82, 2.24) is 9.62 Å². The van der Waals surface area contributed by atoms with Gasteiger partial charge in [0.1, 0.15) is 5.76 Å². The average Bonchev–Trinajstić information content (AvgIpc) is 3.22. The highest BCUT2D eigenvalue weighted by atomic mass is 35.5. The van der Waals surface area contributed by atoms with Crippen molar-refractivity contribution in [3.8, 4) is 0 Å². The molecule has 0 radical (unpaired) electrons. The van der Waals surface area contributed by atoms with Crippen LogP contribution in [0.15, 0.2) is 70.2 Å². The Morgan fingerprint density at radius 1 is 0.914 bits per heavy atom. The second-order valence-electron chi connectivity index (χ2n) is 8.22. The van der Waals surface area contributed by atoms with Gasteiger partial charge in [-0.2, -0.15) is 4.31 Å². The summed E-state index contributed by atoms with van der Waals surface area (Å²) in [5.74, 6) is -0.427. The summed E-state index contributed by atoms with van der Waals surface area (Å²) in [6.45, 7) is 1.09. The van der Waals surface area contributed by atoms with Crippen molar-refractivity contribution in [3.05, 3.63) is 82.8 Å². The van der Waals surface area contributed by atoms with Gasteiger partial charge in [-0.25, -0.2) is 8.42 Å². The van der Waals surface area contributed by atoms with Crippen molar-refractivity contribution in [3.63, 3.8) is 0 Å². The largest absolute Gasteiger partial charge is 0.467 e. The first kappa shape index (κ1) is 25.0. The maximum atomic E-state index is 13.2. The number of carbonyl (C=O) groups excluding carboxylic acids is 2. The van der Waals surface area contributed by atoms with Crippen LogP contribution in [0.5, 0.6) is 0 Å². The lowest BCUT2D eigenvalue weighted by Crippen LogP contribution is -2.32. The number of hydrogen-bond donors (Lipinski definition) is 2. The lowest BCUT2D eigenvalue weighted by molar-refractivity contribution is 0.0949. The van der Waals surface area contributed by atoms with Crippen molar-refractivity contribution in [2.45, 2.75) is 37.1 Å². The summed E-state index contributed by atoms with van der Waals surface area (Å²) in [5.41, 5.74) is 0.525. The molecule has 2 amide bonds. The summed E-state index contributed by atoms with van der Waals surface area (Å²) in [6.07, 6.45) is 5.11. The number of halogens is 1. The summed E-state index contributed by atoms with van der Waals surface area (Å²) in [6, 6.07) is 14.1. The third-order valence-electron chi connectivity index (χ3n) is 5.81. The van der Waals surface area contributed by atoms with E-state index in [0.29, 0.717) is 18.8 Å². The quantitative estimate of drug-likeness (QED) is 0.475. The molecule has 1 aliphatic rings. The first-order chi connectivity index (χ1) is 16.9. The molecule has 10 heteroatoms. The number of sulfonamides is 1. The molecule has 1 fully saturated rings. The Labute approximate surface area is 209 Å². The molecule has 2 heterocycles. The van der Waals surface area contributed by atoms with Crippen LogP contribution in [0.3, 0.4) is 0 Å². The molecule has 0 atom stereocenters. The number of para-hydroxylation sites is 1. The van der Waals surface area contributed by atoms with Crippen molar-refractivity contribution in [2.24, 2.45) is 0 Å². The smallest absolute Gasteiger partial charge is 0.257 e. The molecule has 0 spiro atoms. The monoisotopic (exact) mass is 515 g/mol. The Kier molecular flexibility index (Phi) is 7.90. The van der Waals surface area contributed by atoms with Crippen molar-refractivity contribution < 1.29 is 22.4 Å². The molecule has 4 rings (SSSR count). The van der Waals surface area contributed by atoms with Gasteiger partial charge in [-0.15, -0.1) is 0 Å². The minimum Gasteiger partial charge on any atom is -0.467 e. The van der Waals surface area contributed by atoms with Gasteiger partial charge in [-0.1, -0.05) is 36.6 Å². The molecule has 0 aliphatic carbocycles. The minimum absolute atomic E-state index is 0.00774. The van der Waals surface area contributed by atoms with Crippen LogP contribution < -0.4 is 10.6 Å². The van der Waals surface area contributed by atoms with Crippen LogP contribution in [-0.2, 0) is 16.6 Å². The van der Waals surface area contributed by atoms with Crippen molar-refractivity contribution in [1.29, 1.82) is 0 Å². The summed E-state index contributed by atoms with van der Waals surface area (Å²) < 4.78 is 33.1. The van der Waals surface area contributed by atoms with Gasteiger partial charge in [0.15, 0.2) is 0 Å². The molecule has 3 aromatic rings. The number of carbonyl (C=O) groups is 2. The fourth-order valence-corrected chi connectivity index (χ4v) is 5.67. The third kappa shape index (κ3) is 5.93. The van der Waals surface area contributed by atoms with Crippen LogP contribution in [0, 0.1) is 0 Å². The molecule has 35 heavy (non-hydrogen) atoms. The van der Waals surface area contributed by atoms with Crippen LogP contribution in [0.4, 0.5) is 5.69 Å². The molecule has 2 aromatic carbocycles. The topological polar surface area (TPSA) is 109 Å². The predicted octanol–water partition coefficient (Wildman–Crippen LogP) is 4.68. The summed E-state index contributed by atoms with van der Waals surface area (Å²) in [4.78, 5) is 25.8. The second kappa shape index (κ2) is 11.1. The fourth-order valence-electron chi connectivity index (χ4n) is 3.93. The molecule has 0 saturated carbocycles. The molecule has 1 saturated heterocycles. The number of anilines is 1. The molecule has 184 valence electrons. The second-order valence-corrected chi connectivity index (χ2v) is 10.6. The van der Waals surface area contributed by atoms with Gasteiger partial charge in [0, 0.05) is 13.1 Å². The van der Waals surface area contributed by atoms with E-state index >= 15 is 0 Å². The highest BCUT2D eigenvalue weighted by Crippen LogP contribution is 2.26. The standard InChI is InChI=1S/C25H26ClN3O5S/c26-22-12-11-19(35(32,33)29-13-5-1-2-6-14-29)16-21(22)25(31)28-23-10-4-3-9-20(23)24(30)27-17-18-8-7-15-34-18/h3-4,7-12,15-16H,1-2,5-6,13-14,17H2,(H,27,30)(H,28,31). The number of furan rings is 1. The third-order valence-corrected chi connectivity index (χ3v) is 8.03. The van der Waals surface area contributed by atoms with Crippen LogP contribution in [-0.4, -0.2) is 37.6 Å². The number of benzene rings is 2. The number of hydrogen-bond acceptors (Lipinski definition) is 5. The van der Waals surface area contributed by atoms with Gasteiger partial charge in [-0.3, -0.25) is 9.59 Å². The Hall–Kier alpha value is -3.14. The van der Waals surface area contributed by atoms with E-state index in [1.165, 1.54) is 28.8 Å². The van der Waals surface area contributed by atoms with E-state index in [-0.39, 0.29) is 33.3 Å². The molecule has 2 N–H and O–H groups in total. The number of rotatable bonds is 7. The molecule has 1 aliphatic heterocycles. The molecule has 0 unspecified atom stereocenters. The fraction of sp³-hybridized carbons (Fsp3) is 0.280. The van der Waals surface area contributed by atoms with Crippen molar-refractivity contribution >= 4 is 39.1 Å². The zero-order chi connectivity index (χ0) is 24.8. The maximum absolute atomic E-state index is 13.2. The highest BCUT2D eigenvalue weighted by Gasteiger charge is 2.27. The SMILES string of the molecule is O=C(Nc1ccccc1C(=O)NCc1ccco1)c1cc(S(=O)(=O)N2CCCCCC2)ccc1Cl. The summed E-state index contributed by atoms with van der Waals surface area (Å²) in [5, 5.41) is 5.54. The van der Waals surface area contributed by atoms with Gasteiger partial charge < -0.3 is 15.1 Å². The molecule has 8 nitrogen and oxygen atoms in total. The first-order valence-corrected chi connectivity index (χ1v) is 13.2. The van der Waals surface area contributed by atoms with Crippen LogP contribution >= 0.6 is 11.6 Å². The summed E-state index contributed by atoms with van der Waals surface area (Å²) in [7, 11) is -3.76. The molecule has 0 bridgehead atoms. The lowest BCUT2D eigenvalue weighted by Gasteiger charge is -2.20. The van der Waals surface area contributed by atoms with Gasteiger partial charge in [0.05, 0.1) is 39.5 Å². The van der Waals surface area contributed by atoms with Gasteiger partial charge >= 0.3 is 0 Å². The Morgan fingerprint density at radius 2 is 1.66 bits per heavy atom. The molecule has 1 aromatic heterocycles. The predicted molar refractivity (Wildman–Crippen MR) is 133 cm³/mol. The van der Waals surface area contributed by atoms with Crippen LogP contribution in [0.1, 0.15) is 52.2 Å². The Balaban J connectivity index is 1.54. The Morgan fingerprint density at radius 3 is 2.37 bits per heavy atom. The van der Waals surface area contributed by atoms with E-state index in [4.69, 9.17) is 16.0 Å². The van der Waals surface area contributed by atoms with E-state index in [2.05, 4.69) is 10.6 Å². The molecular formula is C25H26ClN3O5S. The first-order valence-electron chi connectivity index (χ1n) is 11.4. The Bertz CT molecular complexity index is 1300. The normalized spacial score (nSPS) is 14.8. The zero-order valence-corrected chi connectivity index (χ0v) is 20.6. The van der Waals surface area contributed by atoms with E-state index in [1.807, 2.05) is 0 Å². The molecular weight excluding hydrogens is 490 g/mol. The van der Waals surface area contributed by atoms with Crippen LogP contribution in [0.25, 0.3) is 0 Å². The van der Waals surface area contributed by atoms with E-state index in [9.17, 15) is 18.0 Å². The lowest BCUT2D eigenvalue weighted by atomic mass is 10.1. The number of nitrogens with zero attached hydrogens (tertiary/aromatic N) is 1. The van der Waals surface area contributed by atoms with E-state index < -0.39 is 21.8 Å². The number of amides is 2. The van der Waals surface area contributed by atoms with Crippen molar-refractivity contribution in [2.75, 3.05) is 18.4 Å². The van der Waals surface area contributed by atoms with Crippen LogP contribution in [0.2, 0.25) is 5.02 Å². The average molecular weight is 516 g/mol. The van der Waals surface area contributed by atoms with Gasteiger partial charge in [0.2, 0.25) is 10.0 Å². The van der Waals surface area contributed by atoms with Gasteiger partial charge in [-0.05, 0) is 55.3 Å². The van der Waals surface area contributed by atoms with E-state index in [1.54, 1.807) is 36.4 Å². The van der Waals surface area contributed by atoms with Gasteiger partial charge in [0.25, 0.3) is 11.8 Å². The maximum Gasteiger partial charge on any atom is 0.257 e. The zero-order valence-electron chi connectivity index (χ0n) is 19.0. The highest BCUT2D eigenvalue weighted by molar-refractivity contribution is 7.89. The van der Waals surface area contributed by atoms with E-state index in [0.717, 1.165) is 25.7 Å². The summed E-state index contributed by atoms with van der Waals surface area (Å²) >= 11 is 6.27. The number of nitrogens with one attached hydrogen (secondary N) is 2. The minimum atomic E-state index is -3.76.